The molecule has 0 saturated carbocycles. The average Bonchev–Trinajstić information content (AvgIpc) is 2.21. The van der Waals surface area contributed by atoms with Gasteiger partial charge in [0, 0.05) is 0 Å². The first kappa shape index (κ1) is 11.6. The molecule has 0 aliphatic rings. The lowest BCUT2D eigenvalue weighted by molar-refractivity contribution is 0.398. The van der Waals surface area contributed by atoms with Gasteiger partial charge in [0.1, 0.15) is 17.2 Å². The minimum absolute atomic E-state index is 0.539. The molecule has 74 valence electrons. The molecule has 0 saturated heterocycles. The van der Waals surface area contributed by atoms with Crippen LogP contribution in [0.5, 0.6) is 11.5 Å². The number of hydrogen-bond donors (Lipinski definition) is 1. The maximum absolute atomic E-state index is 5.65. The topological polar surface area (TPSA) is 44.5 Å². The minimum Gasteiger partial charge on any atom is -0.494 e. The third kappa shape index (κ3) is 2.86. The Bertz CT molecular complexity index is 226. The third-order valence-corrected chi connectivity index (χ3v) is 1.47. The summed E-state index contributed by atoms with van der Waals surface area (Å²) in [6, 6.07) is 5.41. The van der Waals surface area contributed by atoms with Gasteiger partial charge >= 0.3 is 0 Å². The van der Waals surface area contributed by atoms with Gasteiger partial charge in [0.15, 0.2) is 0 Å². The van der Waals surface area contributed by atoms with Gasteiger partial charge in [-0.25, -0.2) is 0 Å². The molecule has 0 aliphatic heterocycles. The lowest BCUT2D eigenvalue weighted by Gasteiger charge is -2.07. The predicted octanol–water partition coefficient (Wildman–Crippen LogP) is 2.31. The molecule has 0 aliphatic carbocycles. The Labute approximate surface area is 79.5 Å². The lowest BCUT2D eigenvalue weighted by Crippen LogP contribution is -1.95. The van der Waals surface area contributed by atoms with Gasteiger partial charge in [-0.1, -0.05) is 19.9 Å². The Kier molecular flexibility index (Phi) is 5.52. The van der Waals surface area contributed by atoms with Gasteiger partial charge in [0.2, 0.25) is 0 Å². The number of rotatable bonds is 2. The van der Waals surface area contributed by atoms with Gasteiger partial charge < -0.3 is 15.2 Å². The standard InChI is InChI=1S/C8H11NO2.C2H6/c1-10-6-4-3-5-7(11-2)8(6)9;1-2/h3-5H,9H2,1-2H3;1-2H3. The molecule has 13 heavy (non-hydrogen) atoms. The fraction of sp³-hybridized carbons (Fsp3) is 0.400. The van der Waals surface area contributed by atoms with Crippen molar-refractivity contribution in [1.29, 1.82) is 0 Å². The molecule has 0 aromatic heterocycles. The summed E-state index contributed by atoms with van der Waals surface area (Å²) in [6.07, 6.45) is 0. The van der Waals surface area contributed by atoms with Crippen LogP contribution in [0.3, 0.4) is 0 Å². The van der Waals surface area contributed by atoms with E-state index in [0.717, 1.165) is 0 Å². The summed E-state index contributed by atoms with van der Waals surface area (Å²) >= 11 is 0. The summed E-state index contributed by atoms with van der Waals surface area (Å²) in [4.78, 5) is 0. The first-order chi connectivity index (χ1) is 6.29. The van der Waals surface area contributed by atoms with Crippen LogP contribution in [-0.2, 0) is 0 Å². The van der Waals surface area contributed by atoms with Crippen molar-refractivity contribution in [3.63, 3.8) is 0 Å². The van der Waals surface area contributed by atoms with Crippen molar-refractivity contribution in [2.75, 3.05) is 20.0 Å². The molecule has 1 aromatic rings. The van der Waals surface area contributed by atoms with Crippen molar-refractivity contribution in [2.45, 2.75) is 13.8 Å². The molecule has 3 heteroatoms. The summed E-state index contributed by atoms with van der Waals surface area (Å²) in [5.41, 5.74) is 6.19. The maximum atomic E-state index is 5.65. The van der Waals surface area contributed by atoms with Crippen LogP contribution in [0.25, 0.3) is 0 Å². The Balaban J connectivity index is 0.000000671. The fourth-order valence-corrected chi connectivity index (χ4v) is 0.880. The van der Waals surface area contributed by atoms with Crippen molar-refractivity contribution in [1.82, 2.24) is 0 Å². The number of nitrogen functional groups attached to an aromatic ring is 1. The number of nitrogens with two attached hydrogens (primary N) is 1. The molecule has 0 unspecified atom stereocenters. The van der Waals surface area contributed by atoms with Crippen molar-refractivity contribution < 1.29 is 9.47 Å². The summed E-state index contributed by atoms with van der Waals surface area (Å²) in [6.45, 7) is 4.00. The molecule has 2 N–H and O–H groups in total. The predicted molar refractivity (Wildman–Crippen MR) is 55.3 cm³/mol. The number of benzene rings is 1. The second-order valence-electron chi connectivity index (χ2n) is 2.08. The van der Waals surface area contributed by atoms with E-state index in [0.29, 0.717) is 17.2 Å². The van der Waals surface area contributed by atoms with Gasteiger partial charge in [-0.15, -0.1) is 0 Å². The molecule has 0 amide bonds. The van der Waals surface area contributed by atoms with Crippen LogP contribution in [0.2, 0.25) is 0 Å². The summed E-state index contributed by atoms with van der Waals surface area (Å²) in [7, 11) is 3.15. The van der Waals surface area contributed by atoms with E-state index >= 15 is 0 Å². The largest absolute Gasteiger partial charge is 0.494 e. The van der Waals surface area contributed by atoms with Crippen LogP contribution in [0.15, 0.2) is 18.2 Å². The van der Waals surface area contributed by atoms with Gasteiger partial charge in [0.25, 0.3) is 0 Å². The average molecular weight is 183 g/mol. The van der Waals surface area contributed by atoms with E-state index in [4.69, 9.17) is 15.2 Å². The molecule has 0 spiro atoms. The Morgan fingerprint density at radius 3 is 1.69 bits per heavy atom. The summed E-state index contributed by atoms with van der Waals surface area (Å²) < 4.78 is 9.96. The van der Waals surface area contributed by atoms with E-state index < -0.39 is 0 Å². The monoisotopic (exact) mass is 183 g/mol. The molecule has 0 fully saturated rings. The van der Waals surface area contributed by atoms with Crippen molar-refractivity contribution >= 4 is 5.69 Å². The first-order valence-electron chi connectivity index (χ1n) is 4.26. The van der Waals surface area contributed by atoms with Crippen LogP contribution < -0.4 is 15.2 Å². The zero-order chi connectivity index (χ0) is 10.3. The zero-order valence-corrected chi connectivity index (χ0v) is 8.63. The fourth-order valence-electron chi connectivity index (χ4n) is 0.880. The summed E-state index contributed by atoms with van der Waals surface area (Å²) in [5, 5.41) is 0. The van der Waals surface area contributed by atoms with Gasteiger partial charge in [-0.05, 0) is 12.1 Å². The lowest BCUT2D eigenvalue weighted by atomic mass is 10.3. The molecule has 1 rings (SSSR count). The molecule has 1 aromatic carbocycles. The van der Waals surface area contributed by atoms with Gasteiger partial charge in [-0.2, -0.15) is 0 Å². The van der Waals surface area contributed by atoms with Crippen LogP contribution in [0, 0.1) is 0 Å². The minimum atomic E-state index is 0.539. The normalized spacial score (nSPS) is 8.31. The van der Waals surface area contributed by atoms with Crippen LogP contribution in [-0.4, -0.2) is 14.2 Å². The second kappa shape index (κ2) is 6.17. The Morgan fingerprint density at radius 2 is 1.38 bits per heavy atom. The Hall–Kier alpha value is -1.38. The summed E-state index contributed by atoms with van der Waals surface area (Å²) in [5.74, 6) is 1.29. The van der Waals surface area contributed by atoms with E-state index in [1.54, 1.807) is 26.4 Å². The maximum Gasteiger partial charge on any atom is 0.145 e. The van der Waals surface area contributed by atoms with Crippen molar-refractivity contribution in [3.05, 3.63) is 18.2 Å². The van der Waals surface area contributed by atoms with Gasteiger partial charge in [-0.3, -0.25) is 0 Å². The first-order valence-corrected chi connectivity index (χ1v) is 4.26. The molecule has 0 radical (unpaired) electrons. The quantitative estimate of drug-likeness (QED) is 0.715. The van der Waals surface area contributed by atoms with E-state index in [-0.39, 0.29) is 0 Å². The number of para-hydroxylation sites is 1. The second-order valence-corrected chi connectivity index (χ2v) is 2.08. The highest BCUT2D eigenvalue weighted by molar-refractivity contribution is 5.62. The molecule has 3 nitrogen and oxygen atoms in total. The Morgan fingerprint density at radius 1 is 1.00 bits per heavy atom. The van der Waals surface area contributed by atoms with Gasteiger partial charge in [0.05, 0.1) is 14.2 Å². The van der Waals surface area contributed by atoms with Crippen LogP contribution >= 0.6 is 0 Å². The number of anilines is 1. The van der Waals surface area contributed by atoms with Crippen LogP contribution in [0.1, 0.15) is 13.8 Å². The van der Waals surface area contributed by atoms with E-state index in [1.807, 2.05) is 19.9 Å². The number of hydrogen-bond acceptors (Lipinski definition) is 3. The van der Waals surface area contributed by atoms with E-state index in [1.165, 1.54) is 0 Å². The van der Waals surface area contributed by atoms with E-state index in [2.05, 4.69) is 0 Å². The zero-order valence-electron chi connectivity index (χ0n) is 8.63. The number of ether oxygens (including phenoxy) is 2. The van der Waals surface area contributed by atoms with Crippen molar-refractivity contribution in [3.8, 4) is 11.5 Å². The molecule has 0 heterocycles. The number of methoxy groups -OCH3 is 2. The highest BCUT2D eigenvalue weighted by Gasteiger charge is 2.03. The molecule has 0 bridgehead atoms. The molecular weight excluding hydrogens is 166 g/mol. The van der Waals surface area contributed by atoms with E-state index in [9.17, 15) is 0 Å². The highest BCUT2D eigenvalue weighted by atomic mass is 16.5. The van der Waals surface area contributed by atoms with Crippen molar-refractivity contribution in [2.24, 2.45) is 0 Å². The highest BCUT2D eigenvalue weighted by Crippen LogP contribution is 2.30. The molecular formula is C10H17NO2. The SMILES string of the molecule is CC.COc1cccc(OC)c1N. The smallest absolute Gasteiger partial charge is 0.145 e. The molecule has 0 atom stereocenters. The third-order valence-electron chi connectivity index (χ3n) is 1.47. The van der Waals surface area contributed by atoms with Crippen LogP contribution in [0.4, 0.5) is 5.69 Å².